The summed E-state index contributed by atoms with van der Waals surface area (Å²) in [5, 5.41) is 0. The molecule has 1 saturated carbocycles. The number of hydrogen-bond donors (Lipinski definition) is 1. The van der Waals surface area contributed by atoms with Crippen molar-refractivity contribution in [2.75, 3.05) is 14.2 Å². The number of rotatable bonds is 3. The first-order valence-electron chi connectivity index (χ1n) is 5.24. The van der Waals surface area contributed by atoms with Gasteiger partial charge in [-0.25, -0.2) is 0 Å². The van der Waals surface area contributed by atoms with Crippen molar-refractivity contribution in [3.63, 3.8) is 0 Å². The predicted molar refractivity (Wildman–Crippen MR) is 59.5 cm³/mol. The van der Waals surface area contributed by atoms with Crippen molar-refractivity contribution < 1.29 is 9.47 Å². The van der Waals surface area contributed by atoms with Crippen LogP contribution in [-0.4, -0.2) is 20.3 Å². The number of ether oxygens (including phenoxy) is 2. The van der Waals surface area contributed by atoms with Gasteiger partial charge < -0.3 is 15.2 Å². The van der Waals surface area contributed by atoms with E-state index in [9.17, 15) is 0 Å². The monoisotopic (exact) mass is 207 g/mol. The van der Waals surface area contributed by atoms with Crippen LogP contribution in [0, 0.1) is 0 Å². The highest BCUT2D eigenvalue weighted by Gasteiger charge is 2.33. The highest BCUT2D eigenvalue weighted by atomic mass is 16.5. The fourth-order valence-corrected chi connectivity index (χ4v) is 2.13. The molecule has 2 unspecified atom stereocenters. The van der Waals surface area contributed by atoms with Crippen molar-refractivity contribution in [3.05, 3.63) is 23.8 Å². The molecule has 0 bridgehead atoms. The molecule has 15 heavy (non-hydrogen) atoms. The van der Waals surface area contributed by atoms with E-state index in [4.69, 9.17) is 15.2 Å². The van der Waals surface area contributed by atoms with Crippen LogP contribution in [0.3, 0.4) is 0 Å². The third-order valence-corrected chi connectivity index (χ3v) is 3.16. The Labute approximate surface area is 90.2 Å². The molecule has 1 aromatic carbocycles. The third-order valence-electron chi connectivity index (χ3n) is 3.16. The maximum atomic E-state index is 5.99. The Morgan fingerprint density at radius 3 is 2.07 bits per heavy atom. The minimum absolute atomic E-state index is 0.246. The van der Waals surface area contributed by atoms with E-state index in [-0.39, 0.29) is 6.04 Å². The largest absolute Gasteiger partial charge is 0.496 e. The van der Waals surface area contributed by atoms with E-state index in [1.165, 1.54) is 0 Å². The number of nitrogens with two attached hydrogens (primary N) is 1. The fourth-order valence-electron chi connectivity index (χ4n) is 2.13. The van der Waals surface area contributed by atoms with Gasteiger partial charge in [-0.15, -0.1) is 0 Å². The van der Waals surface area contributed by atoms with Crippen molar-refractivity contribution >= 4 is 0 Å². The average molecular weight is 207 g/mol. The lowest BCUT2D eigenvalue weighted by Gasteiger charge is -2.35. The average Bonchev–Trinajstić information content (AvgIpc) is 2.27. The molecule has 0 saturated heterocycles. The van der Waals surface area contributed by atoms with Crippen molar-refractivity contribution in [2.45, 2.75) is 24.8 Å². The summed E-state index contributed by atoms with van der Waals surface area (Å²) in [5.41, 5.74) is 7.12. The lowest BCUT2D eigenvalue weighted by Crippen LogP contribution is -2.37. The van der Waals surface area contributed by atoms with Crippen LogP contribution in [0.2, 0.25) is 0 Å². The number of hydrogen-bond acceptors (Lipinski definition) is 3. The van der Waals surface area contributed by atoms with E-state index in [1.807, 2.05) is 18.2 Å². The molecule has 0 spiro atoms. The van der Waals surface area contributed by atoms with Gasteiger partial charge in [-0.05, 0) is 25.0 Å². The van der Waals surface area contributed by atoms with Crippen LogP contribution in [0.5, 0.6) is 11.5 Å². The first-order chi connectivity index (χ1) is 7.27. The quantitative estimate of drug-likeness (QED) is 0.823. The Hall–Kier alpha value is -1.22. The Balaban J connectivity index is 2.41. The summed E-state index contributed by atoms with van der Waals surface area (Å²) in [4.78, 5) is 0. The molecule has 0 amide bonds. The van der Waals surface area contributed by atoms with E-state index < -0.39 is 0 Å². The summed E-state index contributed by atoms with van der Waals surface area (Å²) in [5.74, 6) is 2.15. The van der Waals surface area contributed by atoms with E-state index in [2.05, 4.69) is 0 Å². The highest BCUT2D eigenvalue weighted by molar-refractivity contribution is 5.48. The molecule has 0 aromatic heterocycles. The Morgan fingerprint density at radius 2 is 1.73 bits per heavy atom. The molecule has 3 heteroatoms. The molecular formula is C12H17NO2. The molecule has 1 aromatic rings. The smallest absolute Gasteiger partial charge is 0.126 e. The maximum absolute atomic E-state index is 5.99. The lowest BCUT2D eigenvalue weighted by molar-refractivity contribution is 0.312. The zero-order valence-corrected chi connectivity index (χ0v) is 9.19. The Kier molecular flexibility index (Phi) is 2.82. The van der Waals surface area contributed by atoms with Gasteiger partial charge in [0.05, 0.1) is 14.2 Å². The first-order valence-corrected chi connectivity index (χ1v) is 5.24. The summed E-state index contributed by atoms with van der Waals surface area (Å²) >= 11 is 0. The van der Waals surface area contributed by atoms with Crippen molar-refractivity contribution in [1.29, 1.82) is 0 Å². The predicted octanol–water partition coefficient (Wildman–Crippen LogP) is 1.91. The molecule has 0 heterocycles. The van der Waals surface area contributed by atoms with Crippen LogP contribution in [0.4, 0.5) is 0 Å². The molecule has 82 valence electrons. The van der Waals surface area contributed by atoms with E-state index in [1.54, 1.807) is 14.2 Å². The zero-order valence-electron chi connectivity index (χ0n) is 9.19. The SMILES string of the molecule is COc1cccc(OC)c1C1CCC1N. The second-order valence-corrected chi connectivity index (χ2v) is 3.92. The summed E-state index contributed by atoms with van der Waals surface area (Å²) < 4.78 is 10.7. The molecule has 0 aliphatic heterocycles. The fraction of sp³-hybridized carbons (Fsp3) is 0.500. The van der Waals surface area contributed by atoms with Gasteiger partial charge in [0.15, 0.2) is 0 Å². The van der Waals surface area contributed by atoms with Crippen LogP contribution in [0.25, 0.3) is 0 Å². The van der Waals surface area contributed by atoms with Gasteiger partial charge in [0.25, 0.3) is 0 Å². The molecule has 2 rings (SSSR count). The van der Waals surface area contributed by atoms with E-state index in [0.29, 0.717) is 5.92 Å². The van der Waals surface area contributed by atoms with Crippen LogP contribution in [-0.2, 0) is 0 Å². The van der Waals surface area contributed by atoms with Gasteiger partial charge >= 0.3 is 0 Å². The maximum Gasteiger partial charge on any atom is 0.126 e. The third kappa shape index (κ3) is 1.67. The molecule has 1 aliphatic rings. The summed E-state index contributed by atoms with van der Waals surface area (Å²) in [6.07, 6.45) is 2.21. The molecule has 2 N–H and O–H groups in total. The lowest BCUT2D eigenvalue weighted by atomic mass is 9.75. The molecular weight excluding hydrogens is 190 g/mol. The minimum atomic E-state index is 0.246. The van der Waals surface area contributed by atoms with Crippen molar-refractivity contribution in [2.24, 2.45) is 5.73 Å². The highest BCUT2D eigenvalue weighted by Crippen LogP contribution is 2.44. The van der Waals surface area contributed by atoms with Gasteiger partial charge in [-0.3, -0.25) is 0 Å². The van der Waals surface area contributed by atoms with Gasteiger partial charge in [0.2, 0.25) is 0 Å². The van der Waals surface area contributed by atoms with Gasteiger partial charge in [0.1, 0.15) is 11.5 Å². The van der Waals surface area contributed by atoms with Gasteiger partial charge in [-0.2, -0.15) is 0 Å². The zero-order chi connectivity index (χ0) is 10.8. The van der Waals surface area contributed by atoms with Crippen LogP contribution in [0.15, 0.2) is 18.2 Å². The van der Waals surface area contributed by atoms with E-state index >= 15 is 0 Å². The van der Waals surface area contributed by atoms with Crippen LogP contribution >= 0.6 is 0 Å². The van der Waals surface area contributed by atoms with Gasteiger partial charge in [0, 0.05) is 17.5 Å². The molecule has 0 radical (unpaired) electrons. The Morgan fingerprint density at radius 1 is 1.13 bits per heavy atom. The van der Waals surface area contributed by atoms with Crippen molar-refractivity contribution in [3.8, 4) is 11.5 Å². The molecule has 3 nitrogen and oxygen atoms in total. The summed E-state index contributed by atoms with van der Waals surface area (Å²) in [7, 11) is 3.37. The van der Waals surface area contributed by atoms with Crippen LogP contribution in [0.1, 0.15) is 24.3 Å². The van der Waals surface area contributed by atoms with Crippen molar-refractivity contribution in [1.82, 2.24) is 0 Å². The summed E-state index contributed by atoms with van der Waals surface area (Å²) in [6, 6.07) is 6.10. The second-order valence-electron chi connectivity index (χ2n) is 3.92. The van der Waals surface area contributed by atoms with Gasteiger partial charge in [-0.1, -0.05) is 6.07 Å². The van der Waals surface area contributed by atoms with E-state index in [0.717, 1.165) is 29.9 Å². The summed E-state index contributed by atoms with van der Waals surface area (Å²) in [6.45, 7) is 0. The first kappa shape index (κ1) is 10.3. The number of methoxy groups -OCH3 is 2. The number of benzene rings is 1. The molecule has 1 aliphatic carbocycles. The topological polar surface area (TPSA) is 44.5 Å². The molecule has 2 atom stereocenters. The molecule has 1 fully saturated rings. The normalized spacial score (nSPS) is 24.5. The standard InChI is InChI=1S/C12H17NO2/c1-14-10-4-3-5-11(15-2)12(10)8-6-7-9(8)13/h3-5,8-9H,6-7,13H2,1-2H3. The second kappa shape index (κ2) is 4.11. The Bertz CT molecular complexity index is 329. The minimum Gasteiger partial charge on any atom is -0.496 e. The van der Waals surface area contributed by atoms with Crippen LogP contribution < -0.4 is 15.2 Å².